The first-order valence-corrected chi connectivity index (χ1v) is 11.2. The molecule has 136 valence electrons. The van der Waals surface area contributed by atoms with E-state index in [0.29, 0.717) is 12.8 Å². The molecule has 2 heterocycles. The zero-order chi connectivity index (χ0) is 18.1. The first-order valence-electron chi connectivity index (χ1n) is 8.04. The van der Waals surface area contributed by atoms with Gasteiger partial charge in [0.2, 0.25) is 15.9 Å². The number of rotatable bonds is 4. The van der Waals surface area contributed by atoms with Gasteiger partial charge in [-0.1, -0.05) is 18.2 Å². The molecule has 1 atom stereocenters. The summed E-state index contributed by atoms with van der Waals surface area (Å²) in [7, 11) is -6.75. The first kappa shape index (κ1) is 18.1. The molecular formula is C16H20N2O5S2. The van der Waals surface area contributed by atoms with Gasteiger partial charge in [0, 0.05) is 24.4 Å². The van der Waals surface area contributed by atoms with Crippen LogP contribution in [0.3, 0.4) is 0 Å². The van der Waals surface area contributed by atoms with Gasteiger partial charge in [0.25, 0.3) is 0 Å². The number of carbonyl (C=O) groups excluding carboxylic acids is 1. The van der Waals surface area contributed by atoms with E-state index in [9.17, 15) is 21.6 Å². The predicted molar refractivity (Wildman–Crippen MR) is 92.8 cm³/mol. The van der Waals surface area contributed by atoms with Crippen LogP contribution in [0.4, 0.5) is 0 Å². The molecule has 0 spiro atoms. The Balaban J connectivity index is 1.57. The third kappa shape index (κ3) is 4.10. The average molecular weight is 384 g/mol. The van der Waals surface area contributed by atoms with Gasteiger partial charge >= 0.3 is 0 Å². The topological polar surface area (TPSA) is 101 Å². The highest BCUT2D eigenvalue weighted by molar-refractivity contribution is 7.94. The van der Waals surface area contributed by atoms with Crippen LogP contribution in [-0.4, -0.2) is 51.9 Å². The Morgan fingerprint density at radius 3 is 2.32 bits per heavy atom. The molecule has 1 N–H and O–H groups in total. The Hall–Kier alpha value is -1.71. The van der Waals surface area contributed by atoms with E-state index < -0.39 is 25.9 Å². The molecule has 0 aromatic heterocycles. The van der Waals surface area contributed by atoms with Crippen LogP contribution in [0.25, 0.3) is 0 Å². The Morgan fingerprint density at radius 1 is 1.12 bits per heavy atom. The number of nitrogens with one attached hydrogen (secondary N) is 1. The number of benzene rings is 1. The minimum Gasteiger partial charge on any atom is -0.349 e. The Morgan fingerprint density at radius 2 is 1.76 bits per heavy atom. The molecule has 1 amide bonds. The monoisotopic (exact) mass is 384 g/mol. The lowest BCUT2D eigenvalue weighted by Gasteiger charge is -2.31. The van der Waals surface area contributed by atoms with Gasteiger partial charge in [-0.25, -0.2) is 16.8 Å². The smallest absolute Gasteiger partial charge is 0.243 e. The standard InChI is InChI=1S/C16H20N2O5S2/c19-16(17-14-8-11-24(20,21)12-14)13-6-9-18(10-7-13)25(22,23)15-4-2-1-3-5-15/h1-5,8,11,13-14H,6-7,9-10,12H2,(H,17,19)/t14-/m1/s1. The number of sulfone groups is 1. The molecule has 0 aliphatic carbocycles. The molecule has 25 heavy (non-hydrogen) atoms. The third-order valence-electron chi connectivity index (χ3n) is 4.46. The lowest BCUT2D eigenvalue weighted by Crippen LogP contribution is -2.45. The second-order valence-corrected chi connectivity index (χ2v) is 10.1. The molecule has 0 unspecified atom stereocenters. The second kappa shape index (κ2) is 6.89. The van der Waals surface area contributed by atoms with Crippen molar-refractivity contribution in [2.24, 2.45) is 5.92 Å². The zero-order valence-corrected chi connectivity index (χ0v) is 15.2. The van der Waals surface area contributed by atoms with E-state index in [1.807, 2.05) is 0 Å². The number of hydrogen-bond donors (Lipinski definition) is 1. The van der Waals surface area contributed by atoms with Gasteiger partial charge in [-0.2, -0.15) is 4.31 Å². The summed E-state index contributed by atoms with van der Waals surface area (Å²) in [4.78, 5) is 12.5. The van der Waals surface area contributed by atoms with Crippen molar-refractivity contribution in [2.75, 3.05) is 18.8 Å². The van der Waals surface area contributed by atoms with E-state index in [-0.39, 0.29) is 35.6 Å². The van der Waals surface area contributed by atoms with Crippen molar-refractivity contribution in [1.29, 1.82) is 0 Å². The number of nitrogens with zero attached hydrogens (tertiary/aromatic N) is 1. The van der Waals surface area contributed by atoms with Crippen LogP contribution < -0.4 is 5.32 Å². The Labute approximate surface area is 147 Å². The molecule has 1 fully saturated rings. The molecule has 0 bridgehead atoms. The van der Waals surface area contributed by atoms with E-state index in [4.69, 9.17) is 0 Å². The molecule has 1 aromatic carbocycles. The van der Waals surface area contributed by atoms with E-state index >= 15 is 0 Å². The normalized spacial score (nSPS) is 24.2. The van der Waals surface area contributed by atoms with Gasteiger partial charge in [-0.05, 0) is 31.1 Å². The van der Waals surface area contributed by atoms with Crippen molar-refractivity contribution < 1.29 is 21.6 Å². The fraction of sp³-hybridized carbons (Fsp3) is 0.438. The number of hydrogen-bond acceptors (Lipinski definition) is 5. The minimum absolute atomic E-state index is 0.111. The Kier molecular flexibility index (Phi) is 4.99. The van der Waals surface area contributed by atoms with Crippen molar-refractivity contribution >= 4 is 25.8 Å². The zero-order valence-electron chi connectivity index (χ0n) is 13.5. The highest BCUT2D eigenvalue weighted by Crippen LogP contribution is 2.24. The first-order chi connectivity index (χ1) is 11.8. The van der Waals surface area contributed by atoms with Crippen LogP contribution in [0.1, 0.15) is 12.8 Å². The van der Waals surface area contributed by atoms with Gasteiger partial charge in [-0.3, -0.25) is 4.79 Å². The van der Waals surface area contributed by atoms with Gasteiger partial charge in [0.1, 0.15) is 0 Å². The maximum atomic E-state index is 12.6. The average Bonchev–Trinajstić information content (AvgIpc) is 2.94. The predicted octanol–water partition coefficient (Wildman–Crippen LogP) is 0.514. The van der Waals surface area contributed by atoms with Crippen LogP contribution in [0.15, 0.2) is 46.7 Å². The maximum absolute atomic E-state index is 12.6. The SMILES string of the molecule is O=C(N[C@@H]1C=CS(=O)(=O)C1)C1CCN(S(=O)(=O)c2ccccc2)CC1. The highest BCUT2D eigenvalue weighted by atomic mass is 32.2. The molecule has 2 aliphatic heterocycles. The molecule has 0 saturated carbocycles. The summed E-state index contributed by atoms with van der Waals surface area (Å²) in [6.07, 6.45) is 2.31. The maximum Gasteiger partial charge on any atom is 0.243 e. The highest BCUT2D eigenvalue weighted by Gasteiger charge is 2.33. The minimum atomic E-state index is -3.54. The third-order valence-corrected chi connectivity index (χ3v) is 7.77. The molecule has 0 radical (unpaired) electrons. The van der Waals surface area contributed by atoms with Gasteiger partial charge in [-0.15, -0.1) is 0 Å². The van der Waals surface area contributed by atoms with Crippen LogP contribution in [0.2, 0.25) is 0 Å². The molecule has 1 aromatic rings. The molecule has 1 saturated heterocycles. The van der Waals surface area contributed by atoms with Gasteiger partial charge in [0.05, 0.1) is 16.7 Å². The molecule has 3 rings (SSSR count). The van der Waals surface area contributed by atoms with Crippen molar-refractivity contribution in [3.8, 4) is 0 Å². The number of sulfonamides is 1. The fourth-order valence-electron chi connectivity index (χ4n) is 3.07. The van der Waals surface area contributed by atoms with Gasteiger partial charge in [0.15, 0.2) is 9.84 Å². The molecule has 7 nitrogen and oxygen atoms in total. The van der Waals surface area contributed by atoms with E-state index in [1.54, 1.807) is 30.3 Å². The van der Waals surface area contributed by atoms with Crippen LogP contribution >= 0.6 is 0 Å². The summed E-state index contributed by atoms with van der Waals surface area (Å²) in [5.74, 6) is -0.637. The summed E-state index contributed by atoms with van der Waals surface area (Å²) in [5.41, 5.74) is 0. The number of piperidine rings is 1. The van der Waals surface area contributed by atoms with Crippen LogP contribution in [-0.2, 0) is 24.7 Å². The van der Waals surface area contributed by atoms with Crippen molar-refractivity contribution in [1.82, 2.24) is 9.62 Å². The summed E-state index contributed by atoms with van der Waals surface area (Å²) >= 11 is 0. The van der Waals surface area contributed by atoms with Crippen molar-refractivity contribution in [2.45, 2.75) is 23.8 Å². The van der Waals surface area contributed by atoms with Gasteiger partial charge < -0.3 is 5.32 Å². The van der Waals surface area contributed by atoms with Crippen molar-refractivity contribution in [3.63, 3.8) is 0 Å². The van der Waals surface area contributed by atoms with E-state index in [2.05, 4.69) is 5.32 Å². The lowest BCUT2D eigenvalue weighted by molar-refractivity contribution is -0.126. The fourth-order valence-corrected chi connectivity index (χ4v) is 5.79. The quantitative estimate of drug-likeness (QED) is 0.815. The molecular weight excluding hydrogens is 364 g/mol. The van der Waals surface area contributed by atoms with E-state index in [1.165, 1.54) is 10.4 Å². The number of carbonyl (C=O) groups is 1. The molecule has 2 aliphatic rings. The summed E-state index contributed by atoms with van der Waals surface area (Å²) in [5, 5.41) is 3.83. The van der Waals surface area contributed by atoms with E-state index in [0.717, 1.165) is 5.41 Å². The second-order valence-electron chi connectivity index (χ2n) is 6.26. The largest absolute Gasteiger partial charge is 0.349 e. The van der Waals surface area contributed by atoms with Crippen LogP contribution in [0, 0.1) is 5.92 Å². The Bertz CT molecular complexity index is 870. The van der Waals surface area contributed by atoms with Crippen LogP contribution in [0.5, 0.6) is 0 Å². The molecule has 9 heteroatoms. The summed E-state index contributed by atoms with van der Waals surface area (Å²) in [6.45, 7) is 0.544. The summed E-state index contributed by atoms with van der Waals surface area (Å²) < 4.78 is 49.3. The van der Waals surface area contributed by atoms with Crippen molar-refractivity contribution in [3.05, 3.63) is 41.8 Å². The lowest BCUT2D eigenvalue weighted by atomic mass is 9.97. The summed E-state index contributed by atoms with van der Waals surface area (Å²) in [6, 6.07) is 7.73. The number of amides is 1.